The molecule has 0 spiro atoms. The summed E-state index contributed by atoms with van der Waals surface area (Å²) >= 11 is 0. The minimum absolute atomic E-state index is 0.832. The van der Waals surface area contributed by atoms with Gasteiger partial charge in [0.1, 0.15) is 22.8 Å². The average Bonchev–Trinajstić information content (AvgIpc) is 3.54. The Morgan fingerprint density at radius 3 is 1.15 bits per heavy atom. The van der Waals surface area contributed by atoms with Gasteiger partial charge in [-0.3, -0.25) is 0 Å². The molecule has 6 aromatic rings. The van der Waals surface area contributed by atoms with Crippen molar-refractivity contribution in [1.82, 2.24) is 30.0 Å². The molecule has 1 aliphatic rings. The normalized spacial score (nSPS) is 11.5. The van der Waals surface area contributed by atoms with E-state index in [0.717, 1.165) is 56.4 Å². The van der Waals surface area contributed by atoms with Crippen LogP contribution in [0.4, 0.5) is 0 Å². The van der Waals surface area contributed by atoms with Crippen molar-refractivity contribution in [2.24, 2.45) is 0 Å². The van der Waals surface area contributed by atoms with E-state index in [2.05, 4.69) is 34.7 Å². The Kier molecular flexibility index (Phi) is 4.04. The Bertz CT molecular complexity index is 1520. The van der Waals surface area contributed by atoms with Crippen LogP contribution in [0.15, 0.2) is 109 Å². The van der Waals surface area contributed by atoms with Gasteiger partial charge < -0.3 is 0 Å². The fourth-order valence-electron chi connectivity index (χ4n) is 4.70. The molecule has 0 saturated heterocycles. The maximum absolute atomic E-state index is 4.70. The third kappa shape index (κ3) is 2.69. The van der Waals surface area contributed by atoms with E-state index >= 15 is 0 Å². The highest BCUT2D eigenvalue weighted by atomic mass is 15.4. The van der Waals surface area contributed by atoms with Crippen LogP contribution < -0.4 is 0 Å². The van der Waals surface area contributed by atoms with Gasteiger partial charge in [0.2, 0.25) is 0 Å². The third-order valence-electron chi connectivity index (χ3n) is 6.22. The zero-order valence-electron chi connectivity index (χ0n) is 18.1. The van der Waals surface area contributed by atoms with Gasteiger partial charge in [0.25, 0.3) is 0 Å². The molecule has 34 heavy (non-hydrogen) atoms. The molecule has 0 N–H and O–H groups in total. The molecular weight excluding hydrogens is 420 g/mol. The zero-order chi connectivity index (χ0) is 22.5. The molecule has 2 aromatic heterocycles. The molecule has 1 aliphatic carbocycles. The number of hydrogen-bond acceptors (Lipinski definition) is 4. The zero-order valence-corrected chi connectivity index (χ0v) is 18.1. The largest absolute Gasteiger partial charge is 0.212 e. The van der Waals surface area contributed by atoms with E-state index in [4.69, 9.17) is 10.2 Å². The molecule has 6 heteroatoms. The number of hydrogen-bond donors (Lipinski definition) is 0. The molecule has 0 fully saturated rings. The minimum atomic E-state index is 0.832. The number of rotatable bonds is 2. The summed E-state index contributed by atoms with van der Waals surface area (Å²) in [5, 5.41) is 18.6. The maximum Gasteiger partial charge on any atom is 0.122 e. The molecule has 4 aromatic carbocycles. The van der Waals surface area contributed by atoms with Crippen molar-refractivity contribution in [2.75, 3.05) is 0 Å². The molecule has 0 bridgehead atoms. The summed E-state index contributed by atoms with van der Waals surface area (Å²) < 4.78 is 3.83. The monoisotopic (exact) mass is 438 g/mol. The van der Waals surface area contributed by atoms with Crippen LogP contribution in [-0.4, -0.2) is 30.0 Å². The van der Waals surface area contributed by atoms with Crippen molar-refractivity contribution >= 4 is 0 Å². The van der Waals surface area contributed by atoms with E-state index in [-0.39, 0.29) is 0 Å². The van der Waals surface area contributed by atoms with Gasteiger partial charge in [-0.15, -0.1) is 10.2 Å². The van der Waals surface area contributed by atoms with Gasteiger partial charge in [-0.25, -0.2) is 9.36 Å². The number of fused-ring (bicyclic) bond motifs is 8. The molecular formula is C28H18N6. The Hall–Kier alpha value is -4.84. The highest BCUT2D eigenvalue weighted by Gasteiger charge is 2.30. The van der Waals surface area contributed by atoms with E-state index < -0.39 is 0 Å². The number of para-hydroxylation sites is 2. The average molecular weight is 438 g/mol. The highest BCUT2D eigenvalue weighted by molar-refractivity contribution is 5.99. The van der Waals surface area contributed by atoms with E-state index in [0.29, 0.717) is 0 Å². The first-order valence-electron chi connectivity index (χ1n) is 11.1. The predicted molar refractivity (Wildman–Crippen MR) is 132 cm³/mol. The van der Waals surface area contributed by atoms with Crippen LogP contribution >= 0.6 is 0 Å². The van der Waals surface area contributed by atoms with Crippen molar-refractivity contribution in [3.05, 3.63) is 109 Å². The second-order valence-electron chi connectivity index (χ2n) is 8.16. The number of aromatic nitrogens is 6. The first-order chi connectivity index (χ1) is 16.9. The summed E-state index contributed by atoms with van der Waals surface area (Å²) in [6.07, 6.45) is 0. The number of benzene rings is 4. The van der Waals surface area contributed by atoms with E-state index in [9.17, 15) is 0 Å². The smallest absolute Gasteiger partial charge is 0.122 e. The lowest BCUT2D eigenvalue weighted by Crippen LogP contribution is -2.04. The van der Waals surface area contributed by atoms with Crippen LogP contribution in [0.1, 0.15) is 0 Å². The van der Waals surface area contributed by atoms with Gasteiger partial charge in [-0.1, -0.05) is 95.4 Å². The minimum Gasteiger partial charge on any atom is -0.212 e. The van der Waals surface area contributed by atoms with Crippen LogP contribution in [0, 0.1) is 0 Å². The van der Waals surface area contributed by atoms with Gasteiger partial charge in [0.05, 0.1) is 11.4 Å². The van der Waals surface area contributed by atoms with E-state index in [1.54, 1.807) is 0 Å². The standard InChI is InChI=1S/C28H18N6/c1-3-11-19(12-4-1)33-27-23-17-9-7-15-21(23)26-28(34(32-30-26)20-13-5-2-6-14-20)24-18-10-8-16-22(24)25(27)29-31-33/h1-18H. The van der Waals surface area contributed by atoms with Crippen LogP contribution in [0.5, 0.6) is 0 Å². The summed E-state index contributed by atoms with van der Waals surface area (Å²) in [5.41, 5.74) is 9.48. The molecule has 0 amide bonds. The lowest BCUT2D eigenvalue weighted by atomic mass is 9.89. The first-order valence-corrected chi connectivity index (χ1v) is 11.1. The molecule has 0 saturated carbocycles. The predicted octanol–water partition coefficient (Wildman–Crippen LogP) is 5.83. The van der Waals surface area contributed by atoms with Crippen LogP contribution in [0.3, 0.4) is 0 Å². The molecule has 0 atom stereocenters. The quantitative estimate of drug-likeness (QED) is 0.341. The Morgan fingerprint density at radius 1 is 0.382 bits per heavy atom. The van der Waals surface area contributed by atoms with Crippen molar-refractivity contribution in [3.8, 4) is 56.4 Å². The maximum atomic E-state index is 4.70. The fraction of sp³-hybridized carbons (Fsp3) is 0. The molecule has 6 nitrogen and oxygen atoms in total. The second kappa shape index (κ2) is 7.35. The van der Waals surface area contributed by atoms with Gasteiger partial charge in [0, 0.05) is 22.3 Å². The van der Waals surface area contributed by atoms with Gasteiger partial charge in [0.15, 0.2) is 0 Å². The molecule has 7 rings (SSSR count). The lowest BCUT2D eigenvalue weighted by Gasteiger charge is -2.18. The summed E-state index contributed by atoms with van der Waals surface area (Å²) in [4.78, 5) is 0. The summed E-state index contributed by atoms with van der Waals surface area (Å²) in [6.45, 7) is 0. The summed E-state index contributed by atoms with van der Waals surface area (Å²) in [7, 11) is 0. The van der Waals surface area contributed by atoms with Crippen molar-refractivity contribution in [1.29, 1.82) is 0 Å². The van der Waals surface area contributed by atoms with Crippen LogP contribution in [0.25, 0.3) is 56.4 Å². The molecule has 2 heterocycles. The topological polar surface area (TPSA) is 61.4 Å². The van der Waals surface area contributed by atoms with E-state index in [1.807, 2.05) is 94.3 Å². The summed E-state index contributed by atoms with van der Waals surface area (Å²) in [5.74, 6) is 0. The first kappa shape index (κ1) is 18.7. The molecule has 0 aliphatic heterocycles. The van der Waals surface area contributed by atoms with Gasteiger partial charge >= 0.3 is 0 Å². The van der Waals surface area contributed by atoms with E-state index in [1.165, 1.54) is 0 Å². The van der Waals surface area contributed by atoms with Crippen molar-refractivity contribution < 1.29 is 0 Å². The molecule has 0 unspecified atom stereocenters. The molecule has 0 radical (unpaired) electrons. The Labute approximate surface area is 195 Å². The van der Waals surface area contributed by atoms with Crippen LogP contribution in [-0.2, 0) is 0 Å². The Balaban J connectivity index is 1.61. The van der Waals surface area contributed by atoms with Crippen molar-refractivity contribution in [3.63, 3.8) is 0 Å². The highest BCUT2D eigenvalue weighted by Crippen LogP contribution is 2.46. The van der Waals surface area contributed by atoms with Gasteiger partial charge in [-0.05, 0) is 24.3 Å². The summed E-state index contributed by atoms with van der Waals surface area (Å²) in [6, 6.07) is 36.8. The van der Waals surface area contributed by atoms with Crippen LogP contribution in [0.2, 0.25) is 0 Å². The lowest BCUT2D eigenvalue weighted by molar-refractivity contribution is 0.806. The van der Waals surface area contributed by atoms with Crippen molar-refractivity contribution in [2.45, 2.75) is 0 Å². The fourth-order valence-corrected chi connectivity index (χ4v) is 4.70. The van der Waals surface area contributed by atoms with Gasteiger partial charge in [-0.2, -0.15) is 0 Å². The SMILES string of the molecule is c1ccc(-n2nnc3c2-c2ccccc2-c2nnn(-c4ccccc4)c2-c2ccccc2-3)cc1. The third-order valence-corrected chi connectivity index (χ3v) is 6.22. The second-order valence-corrected chi connectivity index (χ2v) is 8.16. The molecule has 160 valence electrons. The Morgan fingerprint density at radius 2 is 0.735 bits per heavy atom. The number of nitrogens with zero attached hydrogens (tertiary/aromatic N) is 6.